The first-order valence-electron chi connectivity index (χ1n) is 9.54. The molecule has 1 aliphatic rings. The van der Waals surface area contributed by atoms with Gasteiger partial charge in [0.25, 0.3) is 5.69 Å². The van der Waals surface area contributed by atoms with Crippen molar-refractivity contribution in [2.75, 3.05) is 25.0 Å². The molecular formula is C21H25N3O4. The zero-order chi connectivity index (χ0) is 19.9. The Balaban J connectivity index is 1.51. The van der Waals surface area contributed by atoms with Crippen LogP contribution in [0.25, 0.3) is 0 Å². The predicted octanol–water partition coefficient (Wildman–Crippen LogP) is 3.84. The van der Waals surface area contributed by atoms with Gasteiger partial charge in [-0.05, 0) is 56.6 Å². The van der Waals surface area contributed by atoms with E-state index in [0.29, 0.717) is 12.3 Å². The second-order valence-corrected chi connectivity index (χ2v) is 6.93. The third-order valence-electron chi connectivity index (χ3n) is 4.90. The molecule has 1 heterocycles. The molecule has 0 radical (unpaired) electrons. The number of nitrogens with zero attached hydrogens (tertiary/aromatic N) is 2. The molecule has 3 rings (SSSR count). The van der Waals surface area contributed by atoms with Crippen LogP contribution in [0.3, 0.4) is 0 Å². The van der Waals surface area contributed by atoms with Gasteiger partial charge in [0.15, 0.2) is 0 Å². The van der Waals surface area contributed by atoms with Crippen LogP contribution in [-0.4, -0.2) is 35.4 Å². The Kier molecular flexibility index (Phi) is 6.60. The third kappa shape index (κ3) is 5.29. The number of likely N-dealkylation sites (tertiary alicyclic amines) is 1. The molecule has 0 aromatic heterocycles. The molecule has 0 unspecified atom stereocenters. The first-order valence-corrected chi connectivity index (χ1v) is 9.54. The van der Waals surface area contributed by atoms with E-state index in [1.54, 1.807) is 12.1 Å². The fourth-order valence-corrected chi connectivity index (χ4v) is 3.45. The number of carbonyl (C=O) groups excluding carboxylic acids is 1. The fourth-order valence-electron chi connectivity index (χ4n) is 3.45. The minimum absolute atomic E-state index is 0.0260. The normalized spacial score (nSPS) is 15.2. The second kappa shape index (κ2) is 9.32. The van der Waals surface area contributed by atoms with Gasteiger partial charge in [-0.15, -0.1) is 0 Å². The van der Waals surface area contributed by atoms with Crippen molar-refractivity contribution in [2.45, 2.75) is 26.3 Å². The molecule has 0 atom stereocenters. The van der Waals surface area contributed by atoms with Crippen molar-refractivity contribution in [1.82, 2.24) is 4.90 Å². The van der Waals surface area contributed by atoms with Crippen molar-refractivity contribution >= 4 is 17.3 Å². The summed E-state index contributed by atoms with van der Waals surface area (Å²) in [6, 6.07) is 14.1. The van der Waals surface area contributed by atoms with Gasteiger partial charge < -0.3 is 10.1 Å². The van der Waals surface area contributed by atoms with E-state index >= 15 is 0 Å². The van der Waals surface area contributed by atoms with E-state index in [2.05, 4.69) is 22.3 Å². The predicted molar refractivity (Wildman–Crippen MR) is 107 cm³/mol. The van der Waals surface area contributed by atoms with Gasteiger partial charge in [0, 0.05) is 30.3 Å². The molecule has 1 amide bonds. The number of piperidine rings is 1. The quantitative estimate of drug-likeness (QED) is 0.580. The number of benzene rings is 2. The van der Waals surface area contributed by atoms with E-state index < -0.39 is 4.92 Å². The van der Waals surface area contributed by atoms with Crippen LogP contribution in [0.5, 0.6) is 5.75 Å². The third-order valence-corrected chi connectivity index (χ3v) is 4.90. The molecule has 1 fully saturated rings. The minimum Gasteiger partial charge on any atom is -0.494 e. The molecule has 7 heteroatoms. The molecule has 148 valence electrons. The summed E-state index contributed by atoms with van der Waals surface area (Å²) in [6.45, 7) is 5.13. The SMILES string of the molecule is CCOc1cccc(CN2CCC(C(=O)Nc3cccc([N+](=O)[O-])c3)CC2)c1. The van der Waals surface area contributed by atoms with Crippen LogP contribution in [0.1, 0.15) is 25.3 Å². The number of carbonyl (C=O) groups is 1. The van der Waals surface area contributed by atoms with Gasteiger partial charge in [-0.3, -0.25) is 19.8 Å². The zero-order valence-electron chi connectivity index (χ0n) is 16.0. The van der Waals surface area contributed by atoms with Gasteiger partial charge in [0.1, 0.15) is 5.75 Å². The Morgan fingerprint density at radius 3 is 2.68 bits per heavy atom. The van der Waals surface area contributed by atoms with Crippen molar-refractivity contribution in [3.05, 3.63) is 64.2 Å². The Labute approximate surface area is 164 Å². The molecule has 7 nitrogen and oxygen atoms in total. The lowest BCUT2D eigenvalue weighted by Crippen LogP contribution is -2.37. The lowest BCUT2D eigenvalue weighted by molar-refractivity contribution is -0.384. The molecule has 0 saturated carbocycles. The highest BCUT2D eigenvalue weighted by Crippen LogP contribution is 2.23. The summed E-state index contributed by atoms with van der Waals surface area (Å²) < 4.78 is 5.55. The van der Waals surface area contributed by atoms with Crippen molar-refractivity contribution in [3.8, 4) is 5.75 Å². The van der Waals surface area contributed by atoms with Crippen molar-refractivity contribution in [1.29, 1.82) is 0 Å². The summed E-state index contributed by atoms with van der Waals surface area (Å²) in [5.74, 6) is 0.731. The molecule has 2 aromatic rings. The fraction of sp³-hybridized carbons (Fsp3) is 0.381. The van der Waals surface area contributed by atoms with Gasteiger partial charge in [0.05, 0.1) is 11.5 Å². The Morgan fingerprint density at radius 2 is 1.96 bits per heavy atom. The van der Waals surface area contributed by atoms with Gasteiger partial charge in [-0.2, -0.15) is 0 Å². The molecular weight excluding hydrogens is 358 g/mol. The minimum atomic E-state index is -0.464. The topological polar surface area (TPSA) is 84.7 Å². The van der Waals surface area contributed by atoms with Crippen LogP contribution in [-0.2, 0) is 11.3 Å². The lowest BCUT2D eigenvalue weighted by atomic mass is 9.95. The van der Waals surface area contributed by atoms with Crippen LogP contribution >= 0.6 is 0 Å². The molecule has 0 aliphatic carbocycles. The maximum atomic E-state index is 12.5. The Bertz CT molecular complexity index is 832. The number of ether oxygens (including phenoxy) is 1. The monoisotopic (exact) mass is 383 g/mol. The van der Waals surface area contributed by atoms with E-state index in [-0.39, 0.29) is 17.5 Å². The van der Waals surface area contributed by atoms with Crippen molar-refractivity contribution in [2.24, 2.45) is 5.92 Å². The summed E-state index contributed by atoms with van der Waals surface area (Å²) >= 11 is 0. The highest BCUT2D eigenvalue weighted by Gasteiger charge is 2.25. The number of hydrogen-bond acceptors (Lipinski definition) is 5. The zero-order valence-corrected chi connectivity index (χ0v) is 16.0. The Hall–Kier alpha value is -2.93. The number of nitro benzene ring substituents is 1. The number of nitrogens with one attached hydrogen (secondary N) is 1. The van der Waals surface area contributed by atoms with E-state index in [1.165, 1.54) is 17.7 Å². The summed E-state index contributed by atoms with van der Waals surface area (Å²) in [5, 5.41) is 13.7. The first-order chi connectivity index (χ1) is 13.5. The molecule has 0 spiro atoms. The van der Waals surface area contributed by atoms with E-state index in [0.717, 1.165) is 38.2 Å². The van der Waals surface area contributed by atoms with E-state index in [4.69, 9.17) is 4.74 Å². The van der Waals surface area contributed by atoms with Crippen LogP contribution in [0.2, 0.25) is 0 Å². The summed E-state index contributed by atoms with van der Waals surface area (Å²) in [6.07, 6.45) is 1.54. The van der Waals surface area contributed by atoms with Gasteiger partial charge in [0.2, 0.25) is 5.91 Å². The summed E-state index contributed by atoms with van der Waals surface area (Å²) in [5.41, 5.74) is 1.64. The van der Waals surface area contributed by atoms with Crippen molar-refractivity contribution < 1.29 is 14.5 Å². The average Bonchev–Trinajstić information content (AvgIpc) is 2.69. The van der Waals surface area contributed by atoms with Crippen LogP contribution in [0.4, 0.5) is 11.4 Å². The Morgan fingerprint density at radius 1 is 1.21 bits per heavy atom. The number of anilines is 1. The highest BCUT2D eigenvalue weighted by molar-refractivity contribution is 5.92. The standard InChI is InChI=1S/C21H25N3O4/c1-2-28-20-8-3-5-16(13-20)15-23-11-9-17(10-12-23)21(25)22-18-6-4-7-19(14-18)24(26)27/h3-8,13-14,17H,2,9-12,15H2,1H3,(H,22,25). The van der Waals surface area contributed by atoms with Gasteiger partial charge in [-0.1, -0.05) is 18.2 Å². The number of rotatable bonds is 7. The smallest absolute Gasteiger partial charge is 0.271 e. The number of nitro groups is 1. The van der Waals surface area contributed by atoms with Crippen LogP contribution < -0.4 is 10.1 Å². The average molecular weight is 383 g/mol. The maximum absolute atomic E-state index is 12.5. The maximum Gasteiger partial charge on any atom is 0.271 e. The molecule has 1 saturated heterocycles. The molecule has 2 aromatic carbocycles. The van der Waals surface area contributed by atoms with Crippen molar-refractivity contribution in [3.63, 3.8) is 0 Å². The lowest BCUT2D eigenvalue weighted by Gasteiger charge is -2.31. The van der Waals surface area contributed by atoms with E-state index in [9.17, 15) is 14.9 Å². The summed E-state index contributed by atoms with van der Waals surface area (Å²) in [7, 11) is 0. The van der Waals surface area contributed by atoms with Gasteiger partial charge in [-0.25, -0.2) is 0 Å². The largest absolute Gasteiger partial charge is 0.494 e. The molecule has 0 bridgehead atoms. The van der Waals surface area contributed by atoms with Crippen LogP contribution in [0, 0.1) is 16.0 Å². The van der Waals surface area contributed by atoms with Gasteiger partial charge >= 0.3 is 0 Å². The van der Waals surface area contributed by atoms with E-state index in [1.807, 2.05) is 19.1 Å². The molecule has 28 heavy (non-hydrogen) atoms. The second-order valence-electron chi connectivity index (χ2n) is 6.93. The summed E-state index contributed by atoms with van der Waals surface area (Å²) in [4.78, 5) is 25.2. The number of hydrogen-bond donors (Lipinski definition) is 1. The molecule has 1 aliphatic heterocycles. The number of non-ortho nitro benzene ring substituents is 1. The highest BCUT2D eigenvalue weighted by atomic mass is 16.6. The first kappa shape index (κ1) is 19.8. The number of amides is 1. The van der Waals surface area contributed by atoms with Crippen LogP contribution in [0.15, 0.2) is 48.5 Å². The molecule has 1 N–H and O–H groups in total.